The first-order valence-electron chi connectivity index (χ1n) is 5.53. The van der Waals surface area contributed by atoms with Crippen molar-refractivity contribution >= 4 is 5.71 Å². The summed E-state index contributed by atoms with van der Waals surface area (Å²) in [6.45, 7) is 0. The molecular formula is C11H17NO. The average molecular weight is 179 g/mol. The minimum atomic E-state index is -0.652. The lowest BCUT2D eigenvalue weighted by molar-refractivity contribution is 0.0376. The first-order chi connectivity index (χ1) is 6.23. The Morgan fingerprint density at radius 1 is 1.31 bits per heavy atom. The highest BCUT2D eigenvalue weighted by molar-refractivity contribution is 5.93. The maximum absolute atomic E-state index is 10.5. The summed E-state index contributed by atoms with van der Waals surface area (Å²) in [5.41, 5.74) is -0.00634. The molecule has 72 valence electrons. The average Bonchev–Trinajstić information content (AvgIpc) is 2.70. The van der Waals surface area contributed by atoms with Gasteiger partial charge in [-0.1, -0.05) is 12.8 Å². The zero-order chi connectivity index (χ0) is 9.05. The fraction of sp³-hybridized carbons (Fsp3) is 0.909. The standard InChI is InChI=1S/C11H17NO/c12-10-5-4-8-6-7-2-1-3-9(7)11(8,10)13/h7-9,12-13H,1-6H2/t7-,8+,9-,11-/m0/s1. The molecule has 0 aliphatic heterocycles. The number of aliphatic hydroxyl groups is 1. The van der Waals surface area contributed by atoms with Gasteiger partial charge in [-0.15, -0.1) is 0 Å². The maximum Gasteiger partial charge on any atom is 0.108 e. The van der Waals surface area contributed by atoms with Gasteiger partial charge in [0, 0.05) is 5.71 Å². The van der Waals surface area contributed by atoms with Crippen LogP contribution in [0.5, 0.6) is 0 Å². The SMILES string of the molecule is N=C1CC[C@@H]2C[C@@H]3CCC[C@@H]3[C@]12O. The molecule has 3 aliphatic carbocycles. The topological polar surface area (TPSA) is 44.1 Å². The van der Waals surface area contributed by atoms with Crippen molar-refractivity contribution in [1.29, 1.82) is 5.41 Å². The van der Waals surface area contributed by atoms with E-state index in [9.17, 15) is 5.11 Å². The highest BCUT2D eigenvalue weighted by Gasteiger charge is 2.59. The molecule has 0 aromatic heterocycles. The lowest BCUT2D eigenvalue weighted by Gasteiger charge is -2.29. The molecule has 2 N–H and O–H groups in total. The van der Waals surface area contributed by atoms with E-state index in [1.54, 1.807) is 0 Å². The van der Waals surface area contributed by atoms with Gasteiger partial charge in [-0.3, -0.25) is 0 Å². The summed E-state index contributed by atoms with van der Waals surface area (Å²) >= 11 is 0. The quantitative estimate of drug-likeness (QED) is 0.586. The molecule has 3 aliphatic rings. The van der Waals surface area contributed by atoms with Gasteiger partial charge in [0.1, 0.15) is 5.60 Å². The van der Waals surface area contributed by atoms with Crippen molar-refractivity contribution in [2.75, 3.05) is 0 Å². The number of rotatable bonds is 0. The highest BCUT2D eigenvalue weighted by Crippen LogP contribution is 2.57. The third-order valence-corrected chi connectivity index (χ3v) is 4.66. The molecule has 0 saturated heterocycles. The van der Waals surface area contributed by atoms with Crippen LogP contribution in [0, 0.1) is 23.2 Å². The van der Waals surface area contributed by atoms with Gasteiger partial charge in [0.25, 0.3) is 0 Å². The molecule has 0 unspecified atom stereocenters. The second-order valence-corrected chi connectivity index (χ2v) is 5.07. The van der Waals surface area contributed by atoms with E-state index in [-0.39, 0.29) is 0 Å². The monoisotopic (exact) mass is 179 g/mol. The molecule has 0 radical (unpaired) electrons. The summed E-state index contributed by atoms with van der Waals surface area (Å²) in [5.74, 6) is 1.64. The fourth-order valence-corrected chi connectivity index (χ4v) is 4.07. The van der Waals surface area contributed by atoms with Crippen LogP contribution >= 0.6 is 0 Å². The maximum atomic E-state index is 10.5. The van der Waals surface area contributed by atoms with Crippen LogP contribution in [0.3, 0.4) is 0 Å². The normalized spacial score (nSPS) is 53.9. The van der Waals surface area contributed by atoms with Crippen molar-refractivity contribution in [3.8, 4) is 0 Å². The zero-order valence-electron chi connectivity index (χ0n) is 7.92. The van der Waals surface area contributed by atoms with Gasteiger partial charge >= 0.3 is 0 Å². The first-order valence-corrected chi connectivity index (χ1v) is 5.53. The predicted octanol–water partition coefficient (Wildman–Crippen LogP) is 1.97. The van der Waals surface area contributed by atoms with E-state index in [1.165, 1.54) is 25.7 Å². The molecular weight excluding hydrogens is 162 g/mol. The summed E-state index contributed by atoms with van der Waals surface area (Å²) in [6.07, 6.45) is 6.87. The molecule has 0 heterocycles. The van der Waals surface area contributed by atoms with Gasteiger partial charge in [-0.05, 0) is 43.4 Å². The van der Waals surface area contributed by atoms with Crippen LogP contribution in [0.1, 0.15) is 38.5 Å². The summed E-state index contributed by atoms with van der Waals surface area (Å²) in [5, 5.41) is 18.4. The zero-order valence-corrected chi connectivity index (χ0v) is 7.92. The highest BCUT2D eigenvalue weighted by atomic mass is 16.3. The largest absolute Gasteiger partial charge is 0.383 e. The Balaban J connectivity index is 2.00. The molecule has 0 aromatic carbocycles. The van der Waals surface area contributed by atoms with Gasteiger partial charge in [0.15, 0.2) is 0 Å². The third kappa shape index (κ3) is 0.804. The van der Waals surface area contributed by atoms with E-state index < -0.39 is 5.60 Å². The van der Waals surface area contributed by atoms with E-state index in [4.69, 9.17) is 5.41 Å². The van der Waals surface area contributed by atoms with Crippen LogP contribution in [-0.2, 0) is 0 Å². The Morgan fingerprint density at radius 3 is 3.00 bits per heavy atom. The molecule has 3 rings (SSSR count). The van der Waals surface area contributed by atoms with Crippen LogP contribution in [0.2, 0.25) is 0 Å². The Kier molecular flexibility index (Phi) is 1.44. The Hall–Kier alpha value is -0.370. The van der Waals surface area contributed by atoms with Gasteiger partial charge in [0.2, 0.25) is 0 Å². The van der Waals surface area contributed by atoms with Gasteiger partial charge < -0.3 is 10.5 Å². The van der Waals surface area contributed by atoms with Crippen molar-refractivity contribution in [3.05, 3.63) is 0 Å². The fourth-order valence-electron chi connectivity index (χ4n) is 4.07. The number of fused-ring (bicyclic) bond motifs is 3. The van der Waals surface area contributed by atoms with Gasteiger partial charge in [-0.2, -0.15) is 0 Å². The van der Waals surface area contributed by atoms with Crippen molar-refractivity contribution < 1.29 is 5.11 Å². The van der Waals surface area contributed by atoms with E-state index in [1.807, 2.05) is 0 Å². The minimum absolute atomic E-state index is 0.440. The van der Waals surface area contributed by atoms with Crippen LogP contribution in [-0.4, -0.2) is 16.4 Å². The third-order valence-electron chi connectivity index (χ3n) is 4.66. The van der Waals surface area contributed by atoms with Gasteiger partial charge in [0.05, 0.1) is 0 Å². The van der Waals surface area contributed by atoms with E-state index in [0.29, 0.717) is 17.5 Å². The van der Waals surface area contributed by atoms with Crippen molar-refractivity contribution in [1.82, 2.24) is 0 Å². The predicted molar refractivity (Wildman–Crippen MR) is 50.8 cm³/mol. The summed E-state index contributed by atoms with van der Waals surface area (Å²) in [6, 6.07) is 0. The van der Waals surface area contributed by atoms with E-state index in [2.05, 4.69) is 0 Å². The smallest absolute Gasteiger partial charge is 0.108 e. The lowest BCUT2D eigenvalue weighted by Crippen LogP contribution is -2.42. The Morgan fingerprint density at radius 2 is 2.15 bits per heavy atom. The molecule has 0 spiro atoms. The molecule has 0 amide bonds. The summed E-state index contributed by atoms with van der Waals surface area (Å²) in [4.78, 5) is 0. The number of nitrogens with one attached hydrogen (secondary N) is 1. The molecule has 2 heteroatoms. The van der Waals surface area contributed by atoms with E-state index >= 15 is 0 Å². The molecule has 13 heavy (non-hydrogen) atoms. The Labute approximate surface area is 78.9 Å². The minimum Gasteiger partial charge on any atom is -0.383 e. The summed E-state index contributed by atoms with van der Waals surface area (Å²) < 4.78 is 0. The molecule has 0 bridgehead atoms. The second kappa shape index (κ2) is 2.35. The van der Waals surface area contributed by atoms with Crippen LogP contribution < -0.4 is 0 Å². The van der Waals surface area contributed by atoms with Crippen molar-refractivity contribution in [2.24, 2.45) is 17.8 Å². The first kappa shape index (κ1) is 7.98. The van der Waals surface area contributed by atoms with Crippen LogP contribution in [0.25, 0.3) is 0 Å². The summed E-state index contributed by atoms with van der Waals surface area (Å²) in [7, 11) is 0. The van der Waals surface area contributed by atoms with Gasteiger partial charge in [-0.25, -0.2) is 0 Å². The van der Waals surface area contributed by atoms with Crippen LogP contribution in [0.15, 0.2) is 0 Å². The Bertz CT molecular complexity index is 263. The van der Waals surface area contributed by atoms with E-state index in [0.717, 1.165) is 18.8 Å². The molecule has 0 aromatic rings. The second-order valence-electron chi connectivity index (χ2n) is 5.07. The van der Waals surface area contributed by atoms with Crippen LogP contribution in [0.4, 0.5) is 0 Å². The molecule has 4 atom stereocenters. The van der Waals surface area contributed by atoms with Crippen molar-refractivity contribution in [2.45, 2.75) is 44.1 Å². The molecule has 3 fully saturated rings. The lowest BCUT2D eigenvalue weighted by atomic mass is 9.83. The number of hydrogen-bond donors (Lipinski definition) is 2. The molecule has 3 saturated carbocycles. The number of hydrogen-bond acceptors (Lipinski definition) is 2. The van der Waals surface area contributed by atoms with Crippen molar-refractivity contribution in [3.63, 3.8) is 0 Å². The molecule has 2 nitrogen and oxygen atoms in total.